The number of nitrogens with zero attached hydrogens (tertiary/aromatic N) is 16. The molecule has 0 saturated carbocycles. The van der Waals surface area contributed by atoms with Crippen molar-refractivity contribution in [3.63, 3.8) is 0 Å². The highest BCUT2D eigenvalue weighted by Gasteiger charge is 2.26. The van der Waals surface area contributed by atoms with Crippen molar-refractivity contribution >= 4 is 130 Å². The van der Waals surface area contributed by atoms with Gasteiger partial charge in [0.15, 0.2) is 40.8 Å². The molecule has 0 spiro atoms. The first-order valence-electron chi connectivity index (χ1n) is 38.2. The number of aliphatic carboxylic acids is 7. The van der Waals surface area contributed by atoms with Gasteiger partial charge in [0.2, 0.25) is 36.1 Å². The lowest BCUT2D eigenvalue weighted by molar-refractivity contribution is -0.134. The number of aryl methyl sites for hydroxylation is 1. The molecular weight excluding hydrogens is 1910 g/mol. The predicted molar refractivity (Wildman–Crippen MR) is 493 cm³/mol. The number of carbonyl (C=O) groups is 7. The summed E-state index contributed by atoms with van der Waals surface area (Å²) in [7, 11) is 2.90. The van der Waals surface area contributed by atoms with Gasteiger partial charge in [0.25, 0.3) is 5.92 Å². The molecule has 0 aliphatic carbocycles. The Kier molecular flexibility index (Phi) is 39.3. The molecule has 7 aromatic carbocycles. The second kappa shape index (κ2) is 51.2. The van der Waals surface area contributed by atoms with E-state index in [0.29, 0.717) is 117 Å². The molecule has 0 atom stereocenters. The van der Waals surface area contributed by atoms with Gasteiger partial charge in [-0.1, -0.05) is 173 Å². The number of carboxylic acid groups (broad SMARTS) is 7. The molecule has 0 aliphatic heterocycles. The lowest BCUT2D eigenvalue weighted by atomic mass is 10.1. The Labute approximate surface area is 790 Å². The maximum absolute atomic E-state index is 13.7. The molecule has 51 heteroatoms. The van der Waals surface area contributed by atoms with Gasteiger partial charge in [-0.25, -0.2) is 61.8 Å². The van der Waals surface area contributed by atoms with Crippen molar-refractivity contribution in [3.05, 3.63) is 216 Å². The standard InChI is InChI=1S/C13H11N5O2S.C13H13N3O2S.C12H11F2N3O2S.C12H12FN3O3S.C12H9N3O2S.C11H10FN3O3S.C11H10FN3O2S/c19-11(20)7-21-13-15-12(16-17-13)9-2-1-3-10(6-9)18-5-4-14-8-18;1-8(2)9-4-3-5-10(6-9)12-14-13(16-15-12)19-7-11(17)18;1-12(13,14)8-4-2-3-7(5-8)10-15-11(17-16-10)20-6-9(18)19;1-6-8(13)3-7(4-9(6)19-2)11-14-12(16-15-11)20-5-10(17)18;1-2-8-4-3-5-9(6-8)11-13-12(15-14-11)18-7-10(16)17;1-18-8-3-6(2-7(12)4-8)10-13-11(15-14-10)19-5-9(16)17;1-6-2-3-7(4-8(6)12)10-13-11(15-14-10)18-5-9(16)17/h1-6,8H,7H2,(H,19,20)(H,15,16,17);3-6H,1,7H2,2H3,(H,17,18)(H,14,15,16);2-5H,6H2,1H3,(H,18,19)(H,15,16,17);3-4H,5H2,1-2H3,(H,17,18)(H,14,15,16);1,3-6H,7H2,(H,16,17)(H,13,14,15);2-4H,5H2,1H3,(H,16,17)(H,13,14,15);2-4H,5H2,1H3,(H,16,17)(H,13,14,15). The lowest BCUT2D eigenvalue weighted by Gasteiger charge is -2.10. The van der Waals surface area contributed by atoms with Gasteiger partial charge in [0, 0.05) is 86.7 Å². The number of methoxy groups -OCH3 is 2. The van der Waals surface area contributed by atoms with Crippen LogP contribution in [0, 0.1) is 43.6 Å². The largest absolute Gasteiger partial charge is 0.497 e. The second-order valence-corrected chi connectivity index (χ2v) is 33.3. The molecule has 39 nitrogen and oxygen atoms in total. The number of hydrogen-bond donors (Lipinski definition) is 14. The number of carboxylic acids is 7. The van der Waals surface area contributed by atoms with Crippen LogP contribution in [0.1, 0.15) is 41.7 Å². The molecule has 0 fully saturated rings. The molecule has 0 bridgehead atoms. The van der Waals surface area contributed by atoms with E-state index >= 15 is 0 Å². The molecule has 135 heavy (non-hydrogen) atoms. The Balaban J connectivity index is 0.000000177. The number of rotatable bonds is 33. The number of thioether (sulfide) groups is 7. The minimum Gasteiger partial charge on any atom is -0.497 e. The molecule has 8 heterocycles. The topological polar surface area (TPSA) is 588 Å². The van der Waals surface area contributed by atoms with Crippen LogP contribution in [0.2, 0.25) is 0 Å². The predicted octanol–water partition coefficient (Wildman–Crippen LogP) is 14.9. The number of allylic oxidation sites excluding steroid dienone is 1. The molecular formula is C84H76F5N23O16S7. The number of H-pyrrole nitrogens is 7. The quantitative estimate of drug-likeness (QED) is 0.0103. The van der Waals surface area contributed by atoms with E-state index < -0.39 is 59.3 Å². The van der Waals surface area contributed by atoms with Crippen molar-refractivity contribution in [2.45, 2.75) is 69.7 Å². The summed E-state index contributed by atoms with van der Waals surface area (Å²) in [4.78, 5) is 106. The van der Waals surface area contributed by atoms with Crippen LogP contribution in [-0.4, -0.2) is 248 Å². The van der Waals surface area contributed by atoms with Gasteiger partial charge in [-0.3, -0.25) is 69.3 Å². The molecule has 700 valence electrons. The van der Waals surface area contributed by atoms with Crippen LogP contribution in [-0.2, 0) is 39.5 Å². The summed E-state index contributed by atoms with van der Waals surface area (Å²) in [6, 6.07) is 40.5. The first-order chi connectivity index (χ1) is 64.5. The number of alkyl halides is 2. The van der Waals surface area contributed by atoms with Crippen molar-refractivity contribution in [2.24, 2.45) is 0 Å². The van der Waals surface area contributed by atoms with E-state index in [1.807, 2.05) is 90.5 Å². The van der Waals surface area contributed by atoms with Crippen LogP contribution in [0.5, 0.6) is 11.5 Å². The third kappa shape index (κ3) is 34.0. The highest BCUT2D eigenvalue weighted by atomic mass is 32.2. The smallest absolute Gasteiger partial charge is 0.313 e. The number of halogens is 5. The first-order valence-corrected chi connectivity index (χ1v) is 45.1. The van der Waals surface area contributed by atoms with Gasteiger partial charge in [-0.05, 0) is 98.6 Å². The van der Waals surface area contributed by atoms with Crippen LogP contribution < -0.4 is 9.47 Å². The minimum atomic E-state index is -2.93. The van der Waals surface area contributed by atoms with E-state index in [0.717, 1.165) is 128 Å². The Bertz CT molecular complexity index is 6640. The number of imidazole rings is 1. The summed E-state index contributed by atoms with van der Waals surface area (Å²) >= 11 is 7.14. The van der Waals surface area contributed by atoms with E-state index in [4.69, 9.17) is 51.6 Å². The number of hydrogen-bond acceptors (Lipinski definition) is 31. The van der Waals surface area contributed by atoms with E-state index in [9.17, 15) is 55.5 Å². The zero-order valence-corrected chi connectivity index (χ0v) is 76.7. The molecule has 0 unspecified atom stereocenters. The van der Waals surface area contributed by atoms with E-state index in [1.54, 1.807) is 56.7 Å². The van der Waals surface area contributed by atoms with E-state index in [2.05, 4.69) is 124 Å². The molecule has 0 aliphatic rings. The Morgan fingerprint density at radius 2 is 0.785 bits per heavy atom. The van der Waals surface area contributed by atoms with Crippen molar-refractivity contribution in [3.8, 4) is 109 Å². The van der Waals surface area contributed by atoms with Gasteiger partial charge in [-0.15, -0.1) is 42.1 Å². The Morgan fingerprint density at radius 3 is 1.15 bits per heavy atom. The van der Waals surface area contributed by atoms with Gasteiger partial charge >= 0.3 is 41.8 Å². The monoisotopic (exact) mass is 1980 g/mol. The average Bonchev–Trinajstić information content (AvgIpc) is 1.79. The normalized spacial score (nSPS) is 10.6. The maximum atomic E-state index is 13.7. The highest BCUT2D eigenvalue weighted by molar-refractivity contribution is 8.01. The van der Waals surface area contributed by atoms with Crippen LogP contribution in [0.4, 0.5) is 22.0 Å². The summed E-state index contributed by atoms with van der Waals surface area (Å²) in [5.41, 5.74) is 9.17. The summed E-state index contributed by atoms with van der Waals surface area (Å²) in [5.74, 6) is -4.79. The van der Waals surface area contributed by atoms with Crippen molar-refractivity contribution in [2.75, 3.05) is 54.5 Å². The Morgan fingerprint density at radius 1 is 0.430 bits per heavy atom. The molecule has 0 radical (unpaired) electrons. The van der Waals surface area contributed by atoms with Crippen LogP contribution >= 0.6 is 82.3 Å². The molecule has 0 saturated heterocycles. The number of terminal acetylenes is 1. The van der Waals surface area contributed by atoms with Crippen molar-refractivity contribution in [1.82, 2.24) is 116 Å². The lowest BCUT2D eigenvalue weighted by Crippen LogP contribution is -2.06. The summed E-state index contributed by atoms with van der Waals surface area (Å²) in [6.07, 6.45) is 10.6. The van der Waals surface area contributed by atoms with Gasteiger partial charge in [0.05, 0.1) is 60.8 Å². The van der Waals surface area contributed by atoms with Crippen LogP contribution in [0.3, 0.4) is 0 Å². The number of aromatic amines is 7. The zero-order chi connectivity index (χ0) is 97.8. The highest BCUT2D eigenvalue weighted by Crippen LogP contribution is 2.34. The number of nitrogens with one attached hydrogen (secondary N) is 7. The fourth-order valence-electron chi connectivity index (χ4n) is 10.4. The second-order valence-electron chi connectivity index (χ2n) is 26.7. The van der Waals surface area contributed by atoms with Crippen LogP contribution in [0.25, 0.3) is 91.0 Å². The Hall–Kier alpha value is -15.0. The fourth-order valence-corrected chi connectivity index (χ4v) is 14.0. The third-order valence-electron chi connectivity index (χ3n) is 16.6. The van der Waals surface area contributed by atoms with Gasteiger partial charge < -0.3 is 49.8 Å². The molecule has 8 aromatic heterocycles. The third-order valence-corrected chi connectivity index (χ3v) is 22.5. The van der Waals surface area contributed by atoms with Crippen LogP contribution in [0.15, 0.2) is 207 Å². The maximum Gasteiger partial charge on any atom is 0.313 e. The van der Waals surface area contributed by atoms with Crippen molar-refractivity contribution < 1.29 is 101 Å². The number of benzene rings is 7. The fraction of sp³-hybridized carbons (Fsp3) is 0.167. The van der Waals surface area contributed by atoms with E-state index in [-0.39, 0.29) is 56.8 Å². The molecule has 15 rings (SSSR count). The molecule has 15 aromatic rings. The summed E-state index contributed by atoms with van der Waals surface area (Å²) < 4.78 is 78.9. The van der Waals surface area contributed by atoms with Gasteiger partial charge in [-0.2, -0.15) is 0 Å². The average molecular weight is 1980 g/mol. The molecule has 0 amide bonds. The molecule has 14 N–H and O–H groups in total. The zero-order valence-electron chi connectivity index (χ0n) is 71.0. The summed E-state index contributed by atoms with van der Waals surface area (Å²) in [6.45, 7) is 9.95. The van der Waals surface area contributed by atoms with Gasteiger partial charge in [0.1, 0.15) is 29.0 Å². The SMILES string of the molecule is C#Cc1cccc(-c2nc(SCC(=O)O)n[nH]2)c1.C=C(C)c1cccc(-c2nc(SCC(=O)O)n[nH]2)c1.CC(F)(F)c1cccc(-c2nc(SCC(=O)O)n[nH]2)c1.COc1cc(-c2nc(SCC(=O)O)n[nH]2)cc(F)c1C.COc1cc(F)cc(-c2nc(SCC(=O)O)n[nH]2)c1.Cc1ccc(-c2nc(SCC(=O)O)n[nH]2)cc1F.O=C(O)CSc1n[nH]c(-c2cccc(-n3ccnc3)c2)n1. The van der Waals surface area contributed by atoms with Crippen molar-refractivity contribution in [1.29, 1.82) is 0 Å². The summed E-state index contributed by atoms with van der Waals surface area (Å²) in [5, 5.41) is 109. The minimum absolute atomic E-state index is 0.0525. The first kappa shape index (κ1) is 104. The number of aromatic nitrogens is 23. The number of ether oxygens (including phenoxy) is 2. The van der Waals surface area contributed by atoms with E-state index in [1.165, 1.54) is 56.7 Å².